The molecule has 0 saturated carbocycles. The summed E-state index contributed by atoms with van der Waals surface area (Å²) in [5, 5.41) is 0. The van der Waals surface area contributed by atoms with Gasteiger partial charge in [-0.2, -0.15) is 0 Å². The number of rotatable bonds is 2. The lowest BCUT2D eigenvalue weighted by atomic mass is 9.89. The monoisotopic (exact) mass is 192 g/mol. The molecule has 1 unspecified atom stereocenters. The van der Waals surface area contributed by atoms with E-state index in [2.05, 4.69) is 12.1 Å². The van der Waals surface area contributed by atoms with Crippen LogP contribution >= 0.6 is 0 Å². The molecule has 0 bridgehead atoms. The number of ether oxygens (including phenoxy) is 2. The van der Waals surface area contributed by atoms with Crippen molar-refractivity contribution in [2.24, 2.45) is 0 Å². The lowest BCUT2D eigenvalue weighted by Gasteiger charge is -2.23. The third-order valence-corrected chi connectivity index (χ3v) is 2.93. The van der Waals surface area contributed by atoms with E-state index in [1.54, 1.807) is 14.2 Å². The van der Waals surface area contributed by atoms with E-state index in [1.807, 2.05) is 6.07 Å². The summed E-state index contributed by atoms with van der Waals surface area (Å²) < 4.78 is 10.6. The summed E-state index contributed by atoms with van der Waals surface area (Å²) in [4.78, 5) is 0. The molecule has 0 radical (unpaired) electrons. The molecule has 0 saturated heterocycles. The smallest absolute Gasteiger partial charge is 0.119 e. The summed E-state index contributed by atoms with van der Waals surface area (Å²) in [5.41, 5.74) is 2.82. The van der Waals surface area contributed by atoms with Crippen molar-refractivity contribution in [2.45, 2.75) is 25.4 Å². The van der Waals surface area contributed by atoms with Crippen molar-refractivity contribution in [2.75, 3.05) is 14.2 Å². The molecule has 0 N–H and O–H groups in total. The highest BCUT2D eigenvalue weighted by Gasteiger charge is 2.18. The molecule has 0 spiro atoms. The summed E-state index contributed by atoms with van der Waals surface area (Å²) in [6, 6.07) is 6.32. The summed E-state index contributed by atoms with van der Waals surface area (Å²) in [6.07, 6.45) is 3.66. The number of hydrogen-bond donors (Lipinski definition) is 0. The third kappa shape index (κ3) is 1.75. The van der Waals surface area contributed by atoms with Crippen LogP contribution in [0.4, 0.5) is 0 Å². The van der Waals surface area contributed by atoms with Gasteiger partial charge < -0.3 is 9.47 Å². The van der Waals surface area contributed by atoms with Gasteiger partial charge in [-0.25, -0.2) is 0 Å². The van der Waals surface area contributed by atoms with Crippen LogP contribution in [0.5, 0.6) is 5.75 Å². The van der Waals surface area contributed by atoms with Gasteiger partial charge in [0, 0.05) is 7.11 Å². The minimum atomic E-state index is 0.399. The fourth-order valence-electron chi connectivity index (χ4n) is 2.03. The molecule has 2 heteroatoms. The van der Waals surface area contributed by atoms with Crippen LogP contribution in [0.1, 0.15) is 17.5 Å². The van der Waals surface area contributed by atoms with Crippen LogP contribution in [-0.4, -0.2) is 20.3 Å². The fourth-order valence-corrected chi connectivity index (χ4v) is 2.03. The SMILES string of the molecule is COc1ccc2c(c1)CCC(OC)C2. The Bertz CT molecular complexity index is 320. The Morgan fingerprint density at radius 1 is 1.21 bits per heavy atom. The summed E-state index contributed by atoms with van der Waals surface area (Å²) in [7, 11) is 3.50. The Kier molecular flexibility index (Phi) is 2.73. The molecule has 0 aromatic heterocycles. The number of benzene rings is 1. The van der Waals surface area contributed by atoms with Crippen molar-refractivity contribution in [3.8, 4) is 5.75 Å². The maximum absolute atomic E-state index is 5.37. The van der Waals surface area contributed by atoms with E-state index in [9.17, 15) is 0 Å². The van der Waals surface area contributed by atoms with Crippen LogP contribution < -0.4 is 4.74 Å². The molecule has 76 valence electrons. The zero-order chi connectivity index (χ0) is 9.97. The Balaban J connectivity index is 2.23. The zero-order valence-electron chi connectivity index (χ0n) is 8.75. The first kappa shape index (κ1) is 9.53. The van der Waals surface area contributed by atoms with Crippen molar-refractivity contribution >= 4 is 0 Å². The topological polar surface area (TPSA) is 18.5 Å². The Morgan fingerprint density at radius 2 is 2.07 bits per heavy atom. The summed E-state index contributed by atoms with van der Waals surface area (Å²) >= 11 is 0. The minimum absolute atomic E-state index is 0.399. The Labute approximate surface area is 84.8 Å². The van der Waals surface area contributed by atoms with Gasteiger partial charge in [-0.1, -0.05) is 6.07 Å². The average Bonchev–Trinajstić information content (AvgIpc) is 2.27. The molecule has 2 rings (SSSR count). The second-order valence-electron chi connectivity index (χ2n) is 3.74. The van der Waals surface area contributed by atoms with Crippen LogP contribution in [-0.2, 0) is 17.6 Å². The first-order valence-corrected chi connectivity index (χ1v) is 5.02. The largest absolute Gasteiger partial charge is 0.497 e. The van der Waals surface area contributed by atoms with Crippen molar-refractivity contribution in [3.63, 3.8) is 0 Å². The van der Waals surface area contributed by atoms with Gasteiger partial charge in [-0.05, 0) is 42.5 Å². The second kappa shape index (κ2) is 4.01. The predicted molar refractivity (Wildman–Crippen MR) is 55.8 cm³/mol. The Morgan fingerprint density at radius 3 is 2.79 bits per heavy atom. The maximum atomic E-state index is 5.37. The van der Waals surface area contributed by atoms with Gasteiger partial charge in [0.25, 0.3) is 0 Å². The van der Waals surface area contributed by atoms with Crippen LogP contribution in [0.15, 0.2) is 18.2 Å². The molecule has 1 aliphatic carbocycles. The molecule has 1 aliphatic rings. The van der Waals surface area contributed by atoms with E-state index in [-0.39, 0.29) is 0 Å². The predicted octanol–water partition coefficient (Wildman–Crippen LogP) is 2.20. The van der Waals surface area contributed by atoms with Gasteiger partial charge >= 0.3 is 0 Å². The normalized spacial score (nSPS) is 20.3. The van der Waals surface area contributed by atoms with Crippen LogP contribution in [0.3, 0.4) is 0 Å². The first-order valence-electron chi connectivity index (χ1n) is 5.02. The van der Waals surface area contributed by atoms with Crippen LogP contribution in [0, 0.1) is 0 Å². The van der Waals surface area contributed by atoms with Gasteiger partial charge in [0.05, 0.1) is 13.2 Å². The van der Waals surface area contributed by atoms with E-state index in [1.165, 1.54) is 11.1 Å². The zero-order valence-corrected chi connectivity index (χ0v) is 8.75. The van der Waals surface area contributed by atoms with E-state index >= 15 is 0 Å². The van der Waals surface area contributed by atoms with Crippen molar-refractivity contribution in [1.29, 1.82) is 0 Å². The number of fused-ring (bicyclic) bond motifs is 1. The van der Waals surface area contributed by atoms with Crippen molar-refractivity contribution < 1.29 is 9.47 Å². The van der Waals surface area contributed by atoms with E-state index < -0.39 is 0 Å². The van der Waals surface area contributed by atoms with Gasteiger partial charge in [0.2, 0.25) is 0 Å². The molecule has 0 fully saturated rings. The number of hydrogen-bond acceptors (Lipinski definition) is 2. The summed E-state index contributed by atoms with van der Waals surface area (Å²) in [5.74, 6) is 0.958. The second-order valence-corrected chi connectivity index (χ2v) is 3.74. The van der Waals surface area contributed by atoms with E-state index in [0.29, 0.717) is 6.10 Å². The molecule has 2 nitrogen and oxygen atoms in total. The average molecular weight is 192 g/mol. The minimum Gasteiger partial charge on any atom is -0.497 e. The molecule has 14 heavy (non-hydrogen) atoms. The van der Waals surface area contributed by atoms with Gasteiger partial charge in [-0.3, -0.25) is 0 Å². The molecule has 0 amide bonds. The standard InChI is InChI=1S/C12H16O2/c1-13-11-5-3-10-8-12(14-2)6-4-9(10)7-11/h3,5,7,12H,4,6,8H2,1-2H3. The van der Waals surface area contributed by atoms with E-state index in [4.69, 9.17) is 9.47 Å². The van der Waals surface area contributed by atoms with Crippen LogP contribution in [0.25, 0.3) is 0 Å². The molecule has 0 heterocycles. The van der Waals surface area contributed by atoms with E-state index in [0.717, 1.165) is 25.0 Å². The van der Waals surface area contributed by atoms with Gasteiger partial charge in [0.15, 0.2) is 0 Å². The lowest BCUT2D eigenvalue weighted by Crippen LogP contribution is -2.20. The molecular weight excluding hydrogens is 176 g/mol. The molecule has 0 aliphatic heterocycles. The quantitative estimate of drug-likeness (QED) is 0.715. The highest BCUT2D eigenvalue weighted by Crippen LogP contribution is 2.26. The third-order valence-electron chi connectivity index (χ3n) is 2.93. The van der Waals surface area contributed by atoms with Crippen molar-refractivity contribution in [1.82, 2.24) is 0 Å². The highest BCUT2D eigenvalue weighted by molar-refractivity contribution is 5.37. The fraction of sp³-hybridized carbons (Fsp3) is 0.500. The molecule has 1 aromatic rings. The molecule has 1 aromatic carbocycles. The molecular formula is C12H16O2. The number of aryl methyl sites for hydroxylation is 1. The summed E-state index contributed by atoms with van der Waals surface area (Å²) in [6.45, 7) is 0. The highest BCUT2D eigenvalue weighted by atomic mass is 16.5. The van der Waals surface area contributed by atoms with Crippen LogP contribution in [0.2, 0.25) is 0 Å². The van der Waals surface area contributed by atoms with Crippen molar-refractivity contribution in [3.05, 3.63) is 29.3 Å². The Hall–Kier alpha value is -1.02. The van der Waals surface area contributed by atoms with Gasteiger partial charge in [0.1, 0.15) is 5.75 Å². The number of methoxy groups -OCH3 is 2. The van der Waals surface area contributed by atoms with Gasteiger partial charge in [-0.15, -0.1) is 0 Å². The first-order chi connectivity index (χ1) is 6.83. The molecule has 1 atom stereocenters. The lowest BCUT2D eigenvalue weighted by molar-refractivity contribution is 0.0910. The maximum Gasteiger partial charge on any atom is 0.119 e.